The van der Waals surface area contributed by atoms with Crippen LogP contribution in [0.25, 0.3) is 21.7 Å². The predicted molar refractivity (Wildman–Crippen MR) is 154 cm³/mol. The Bertz CT molecular complexity index is 1650. The maximum atomic E-state index is 12.8. The van der Waals surface area contributed by atoms with Gasteiger partial charge in [0.05, 0.1) is 16.3 Å². The molecule has 0 spiro atoms. The molecule has 0 radical (unpaired) electrons. The zero-order chi connectivity index (χ0) is 28.6. The lowest BCUT2D eigenvalue weighted by Gasteiger charge is -2.12. The molecule has 0 amide bonds. The molecule has 2 aromatic carbocycles. The second-order valence-corrected chi connectivity index (χ2v) is 10.7. The number of rotatable bonds is 10. The van der Waals surface area contributed by atoms with Crippen molar-refractivity contribution in [3.05, 3.63) is 86.1 Å². The number of carbonyl (C=O) groups excluding carboxylic acids is 1. The Labute approximate surface area is 243 Å². The summed E-state index contributed by atoms with van der Waals surface area (Å²) in [5.41, 5.74) is 7.37. The lowest BCUT2D eigenvalue weighted by Crippen LogP contribution is -2.29. The highest BCUT2D eigenvalue weighted by molar-refractivity contribution is 7.98. The number of nitrogens with one attached hydrogen (secondary N) is 1. The molecule has 0 saturated heterocycles. The van der Waals surface area contributed by atoms with Gasteiger partial charge in [-0.3, -0.25) is 9.59 Å². The topological polar surface area (TPSA) is 155 Å². The number of pyridine rings is 1. The molecule has 0 fully saturated rings. The smallest absolute Gasteiger partial charge is 0.322 e. The van der Waals surface area contributed by atoms with E-state index in [0.717, 1.165) is 16.3 Å². The molecule has 3 N–H and O–H groups in total. The molecular formula is C28H22ClN5O4S2. The summed E-state index contributed by atoms with van der Waals surface area (Å²) >= 11 is 8.72. The number of hydrogen-bond acceptors (Lipinski definition) is 10. The van der Waals surface area contributed by atoms with Gasteiger partial charge in [0.2, 0.25) is 0 Å². The van der Waals surface area contributed by atoms with Gasteiger partial charge in [0.1, 0.15) is 47.7 Å². The zero-order valence-corrected chi connectivity index (χ0v) is 23.5. The molecule has 202 valence electrons. The van der Waals surface area contributed by atoms with Crippen molar-refractivity contribution >= 4 is 40.7 Å². The highest BCUT2D eigenvalue weighted by Crippen LogP contribution is 2.34. The molecule has 0 aliphatic rings. The molecule has 4 rings (SSSR count). The summed E-state index contributed by atoms with van der Waals surface area (Å²) in [6.07, 6.45) is 0. The number of esters is 1. The average Bonchev–Trinajstić information content (AvgIpc) is 3.43. The number of thioether (sulfide) groups is 1. The van der Waals surface area contributed by atoms with Crippen LogP contribution in [0.15, 0.2) is 63.7 Å². The van der Waals surface area contributed by atoms with Crippen molar-refractivity contribution in [3.63, 3.8) is 0 Å². The molecule has 2 heterocycles. The van der Waals surface area contributed by atoms with E-state index < -0.39 is 17.6 Å². The van der Waals surface area contributed by atoms with Crippen molar-refractivity contribution in [2.45, 2.75) is 23.7 Å². The third-order valence-corrected chi connectivity index (χ3v) is 7.75. The van der Waals surface area contributed by atoms with Gasteiger partial charge in [0, 0.05) is 27.3 Å². The van der Waals surface area contributed by atoms with E-state index in [1.54, 1.807) is 36.4 Å². The molecule has 4 aromatic rings. The van der Waals surface area contributed by atoms with E-state index in [1.807, 2.05) is 23.6 Å². The Morgan fingerprint density at radius 2 is 1.77 bits per heavy atom. The number of ether oxygens (including phenoxy) is 2. The number of nitrogens with zero attached hydrogens (tertiary/aromatic N) is 3. The minimum Gasteiger partial charge on any atom is -0.490 e. The van der Waals surface area contributed by atoms with Crippen LogP contribution in [0.3, 0.4) is 0 Å². The first kappa shape index (κ1) is 28.9. The van der Waals surface area contributed by atoms with Gasteiger partial charge in [-0.1, -0.05) is 35.9 Å². The maximum absolute atomic E-state index is 12.8. The van der Waals surface area contributed by atoms with E-state index in [4.69, 9.17) is 26.8 Å². The molecule has 0 saturated carbocycles. The number of aromatic nitrogens is 2. The van der Waals surface area contributed by atoms with E-state index in [-0.39, 0.29) is 29.9 Å². The number of halogens is 1. The largest absolute Gasteiger partial charge is 0.490 e. The van der Waals surface area contributed by atoms with Crippen LogP contribution < -0.4 is 16.0 Å². The van der Waals surface area contributed by atoms with Crippen LogP contribution >= 0.6 is 34.7 Å². The van der Waals surface area contributed by atoms with Crippen molar-refractivity contribution in [3.8, 4) is 39.6 Å². The molecule has 0 aliphatic carbocycles. The van der Waals surface area contributed by atoms with Crippen LogP contribution in [0.1, 0.15) is 23.7 Å². The summed E-state index contributed by atoms with van der Waals surface area (Å²) < 4.78 is 10.6. The van der Waals surface area contributed by atoms with Crippen LogP contribution in [0.4, 0.5) is 0 Å². The van der Waals surface area contributed by atoms with Gasteiger partial charge in [-0.15, -0.1) is 23.1 Å². The summed E-state index contributed by atoms with van der Waals surface area (Å²) in [7, 11) is 0. The second-order valence-electron chi connectivity index (χ2n) is 8.40. The second kappa shape index (κ2) is 13.3. The van der Waals surface area contributed by atoms with Gasteiger partial charge in [0.15, 0.2) is 0 Å². The van der Waals surface area contributed by atoms with Crippen LogP contribution in [0, 0.1) is 22.7 Å². The minimum atomic E-state index is -0.714. The number of nitrogens with two attached hydrogens (primary N) is 1. The average molecular weight is 592 g/mol. The Morgan fingerprint density at radius 3 is 2.42 bits per heavy atom. The van der Waals surface area contributed by atoms with Gasteiger partial charge < -0.3 is 20.2 Å². The predicted octanol–water partition coefficient (Wildman–Crippen LogP) is 5.12. The quantitative estimate of drug-likeness (QED) is 0.145. The van der Waals surface area contributed by atoms with Gasteiger partial charge >= 0.3 is 5.97 Å². The Kier molecular flexibility index (Phi) is 9.59. The minimum absolute atomic E-state index is 0.0358. The van der Waals surface area contributed by atoms with E-state index in [0.29, 0.717) is 27.1 Å². The normalized spacial score (nSPS) is 11.3. The van der Waals surface area contributed by atoms with Crippen LogP contribution in [0.5, 0.6) is 5.75 Å². The molecule has 12 heteroatoms. The number of carbonyl (C=O) groups is 1. The summed E-state index contributed by atoms with van der Waals surface area (Å²) in [6, 6.07) is 17.4. The van der Waals surface area contributed by atoms with Crippen LogP contribution in [0.2, 0.25) is 5.02 Å². The fourth-order valence-corrected chi connectivity index (χ4v) is 5.54. The van der Waals surface area contributed by atoms with Crippen molar-refractivity contribution in [2.24, 2.45) is 5.73 Å². The Balaban J connectivity index is 1.52. The number of aromatic amines is 1. The third kappa shape index (κ3) is 6.89. The highest BCUT2D eigenvalue weighted by atomic mass is 35.5. The number of benzene rings is 2. The van der Waals surface area contributed by atoms with Crippen molar-refractivity contribution in [1.82, 2.24) is 9.97 Å². The maximum Gasteiger partial charge on any atom is 0.322 e. The van der Waals surface area contributed by atoms with Crippen molar-refractivity contribution in [2.75, 3.05) is 13.2 Å². The summed E-state index contributed by atoms with van der Waals surface area (Å²) in [4.78, 5) is 31.6. The van der Waals surface area contributed by atoms with Crippen LogP contribution in [-0.2, 0) is 15.3 Å². The fraction of sp³-hybridized carbons (Fsp3) is 0.179. The van der Waals surface area contributed by atoms with Crippen molar-refractivity contribution in [1.29, 1.82) is 10.5 Å². The molecule has 0 unspecified atom stereocenters. The summed E-state index contributed by atoms with van der Waals surface area (Å²) in [5, 5.41) is 23.5. The third-order valence-electron chi connectivity index (χ3n) is 5.52. The van der Waals surface area contributed by atoms with Gasteiger partial charge in [-0.05, 0) is 36.8 Å². The van der Waals surface area contributed by atoms with Gasteiger partial charge in [-0.2, -0.15) is 10.5 Å². The van der Waals surface area contributed by atoms with Crippen LogP contribution in [-0.4, -0.2) is 35.2 Å². The summed E-state index contributed by atoms with van der Waals surface area (Å²) in [5.74, 6) is 0.365. The first-order chi connectivity index (χ1) is 19.3. The molecule has 0 aliphatic heterocycles. The SMILES string of the molecule is C[C@H](N)C(=O)OCCOc1ccc(-c2c(C#N)c(SCc3csc(-c4ccc(Cl)cc4)n3)[nH]c(=O)c2C#N)cc1. The van der Waals surface area contributed by atoms with E-state index >= 15 is 0 Å². The Hall–Kier alpha value is -4.13. The lowest BCUT2D eigenvalue weighted by molar-refractivity contribution is -0.145. The number of H-pyrrole nitrogens is 1. The van der Waals surface area contributed by atoms with E-state index in [1.165, 1.54) is 30.0 Å². The number of thiazole rings is 1. The van der Waals surface area contributed by atoms with E-state index in [2.05, 4.69) is 16.0 Å². The summed E-state index contributed by atoms with van der Waals surface area (Å²) in [6.45, 7) is 1.68. The standard InChI is InChI=1S/C28H22ClN5O4S2/c1-16(32)28(36)38-11-10-37-21-8-4-17(5-9-21)24-22(12-30)25(35)34-27(23(24)13-31)40-15-20-14-39-26(33-20)18-2-6-19(29)7-3-18/h2-9,14,16H,10-11,15,32H2,1H3,(H,34,35)/t16-/m0/s1. The zero-order valence-electron chi connectivity index (χ0n) is 21.1. The molecule has 1 atom stereocenters. The highest BCUT2D eigenvalue weighted by Gasteiger charge is 2.20. The molecular weight excluding hydrogens is 570 g/mol. The molecule has 2 aromatic heterocycles. The first-order valence-electron chi connectivity index (χ1n) is 11.9. The number of nitriles is 2. The first-order valence-corrected chi connectivity index (χ1v) is 14.1. The monoisotopic (exact) mass is 591 g/mol. The fourth-order valence-electron chi connectivity index (χ4n) is 3.59. The van der Waals surface area contributed by atoms with Gasteiger partial charge in [-0.25, -0.2) is 4.98 Å². The van der Waals surface area contributed by atoms with E-state index in [9.17, 15) is 20.1 Å². The van der Waals surface area contributed by atoms with Gasteiger partial charge in [0.25, 0.3) is 5.56 Å². The Morgan fingerprint density at radius 1 is 1.10 bits per heavy atom. The number of hydrogen-bond donors (Lipinski definition) is 2. The lowest BCUT2D eigenvalue weighted by atomic mass is 9.97. The molecule has 0 bridgehead atoms. The molecule has 40 heavy (non-hydrogen) atoms. The molecule has 9 nitrogen and oxygen atoms in total. The van der Waals surface area contributed by atoms with Crippen molar-refractivity contribution < 1.29 is 14.3 Å².